The maximum atomic E-state index is 13.8. The molecule has 2 rings (SSSR count). The molecule has 0 radical (unpaired) electrons. The molecule has 1 N–H and O–H groups in total. The first-order valence-electron chi connectivity index (χ1n) is 7.23. The Hall–Kier alpha value is -1.74. The number of benzene rings is 1. The standard InChI is InChI=1S/C14H18F2N2O4S/c1-2-22-14(19)17-11-4-3-7-18(9-11)23(20,21)13-8-10(15)5-6-12(13)16/h5-6,8,11H,2-4,7,9H2,1H3,(H,17,19)/t11-/m1/s1. The highest BCUT2D eigenvalue weighted by Gasteiger charge is 2.33. The number of alkyl carbamates (subject to hydrolysis) is 1. The van der Waals surface area contributed by atoms with Crippen LogP contribution in [0.4, 0.5) is 13.6 Å². The molecule has 1 aliphatic rings. The van der Waals surface area contributed by atoms with Crippen LogP contribution in [-0.4, -0.2) is 44.6 Å². The van der Waals surface area contributed by atoms with E-state index in [2.05, 4.69) is 5.32 Å². The third kappa shape index (κ3) is 4.17. The third-order valence-electron chi connectivity index (χ3n) is 3.49. The Morgan fingerprint density at radius 1 is 1.43 bits per heavy atom. The van der Waals surface area contributed by atoms with Gasteiger partial charge in [-0.05, 0) is 38.0 Å². The van der Waals surface area contributed by atoms with Gasteiger partial charge in [0.1, 0.15) is 16.5 Å². The number of hydrogen-bond donors (Lipinski definition) is 1. The fourth-order valence-corrected chi connectivity index (χ4v) is 4.03. The molecule has 0 saturated carbocycles. The van der Waals surface area contributed by atoms with Crippen molar-refractivity contribution in [3.63, 3.8) is 0 Å². The topological polar surface area (TPSA) is 75.7 Å². The maximum absolute atomic E-state index is 13.8. The van der Waals surface area contributed by atoms with Crippen LogP contribution in [0.1, 0.15) is 19.8 Å². The second-order valence-corrected chi connectivity index (χ2v) is 7.05. The van der Waals surface area contributed by atoms with Crippen LogP contribution < -0.4 is 5.32 Å². The Bertz CT molecular complexity index is 681. The van der Waals surface area contributed by atoms with Gasteiger partial charge in [-0.2, -0.15) is 4.31 Å². The Kier molecular flexibility index (Phi) is 5.53. The van der Waals surface area contributed by atoms with Gasteiger partial charge in [-0.25, -0.2) is 22.0 Å². The Morgan fingerprint density at radius 2 is 2.17 bits per heavy atom. The predicted octanol–water partition coefficient (Wildman–Crippen LogP) is 1.86. The Balaban J connectivity index is 2.16. The van der Waals surface area contributed by atoms with Gasteiger partial charge in [0.2, 0.25) is 10.0 Å². The van der Waals surface area contributed by atoms with Gasteiger partial charge >= 0.3 is 6.09 Å². The van der Waals surface area contributed by atoms with Crippen LogP contribution in [0.3, 0.4) is 0 Å². The molecule has 1 heterocycles. The number of sulfonamides is 1. The monoisotopic (exact) mass is 348 g/mol. The van der Waals surface area contributed by atoms with Gasteiger partial charge in [0.25, 0.3) is 0 Å². The molecule has 1 aromatic carbocycles. The lowest BCUT2D eigenvalue weighted by molar-refractivity contribution is 0.142. The number of nitrogens with one attached hydrogen (secondary N) is 1. The first-order chi connectivity index (χ1) is 10.8. The van der Waals surface area contributed by atoms with Crippen LogP contribution in [0, 0.1) is 11.6 Å². The summed E-state index contributed by atoms with van der Waals surface area (Å²) in [6.45, 7) is 2.02. The summed E-state index contributed by atoms with van der Waals surface area (Å²) in [4.78, 5) is 10.7. The number of ether oxygens (including phenoxy) is 1. The smallest absolute Gasteiger partial charge is 0.407 e. The van der Waals surface area contributed by atoms with E-state index >= 15 is 0 Å². The van der Waals surface area contributed by atoms with Crippen molar-refractivity contribution in [3.8, 4) is 0 Å². The fourth-order valence-electron chi connectivity index (χ4n) is 2.43. The van der Waals surface area contributed by atoms with E-state index in [-0.39, 0.29) is 19.7 Å². The molecule has 1 saturated heterocycles. The van der Waals surface area contributed by atoms with Gasteiger partial charge in [-0.1, -0.05) is 0 Å². The van der Waals surface area contributed by atoms with E-state index in [0.29, 0.717) is 18.9 Å². The first-order valence-corrected chi connectivity index (χ1v) is 8.67. The number of halogens is 2. The zero-order valence-corrected chi connectivity index (χ0v) is 13.4. The number of piperidine rings is 1. The van der Waals surface area contributed by atoms with Crippen molar-refractivity contribution >= 4 is 16.1 Å². The number of amides is 1. The molecule has 6 nitrogen and oxygen atoms in total. The lowest BCUT2D eigenvalue weighted by Crippen LogP contribution is -2.49. The molecular formula is C14H18F2N2O4S. The quantitative estimate of drug-likeness (QED) is 0.901. The molecule has 0 unspecified atom stereocenters. The SMILES string of the molecule is CCOC(=O)N[C@@H]1CCCN(S(=O)(=O)c2cc(F)ccc2F)C1. The lowest BCUT2D eigenvalue weighted by atomic mass is 10.1. The maximum Gasteiger partial charge on any atom is 0.407 e. The van der Waals surface area contributed by atoms with Gasteiger partial charge in [0, 0.05) is 19.1 Å². The van der Waals surface area contributed by atoms with Crippen LogP contribution in [0.2, 0.25) is 0 Å². The normalized spacial score (nSPS) is 19.3. The number of carbonyl (C=O) groups is 1. The van der Waals surface area contributed by atoms with Crippen molar-refractivity contribution in [1.29, 1.82) is 0 Å². The molecule has 1 fully saturated rings. The number of nitrogens with zero attached hydrogens (tertiary/aromatic N) is 1. The molecule has 0 bridgehead atoms. The van der Waals surface area contributed by atoms with Gasteiger partial charge in [0.15, 0.2) is 0 Å². The van der Waals surface area contributed by atoms with Gasteiger partial charge in [-0.15, -0.1) is 0 Å². The van der Waals surface area contributed by atoms with Crippen molar-refractivity contribution in [2.75, 3.05) is 19.7 Å². The molecular weight excluding hydrogens is 330 g/mol. The highest BCUT2D eigenvalue weighted by Crippen LogP contribution is 2.23. The highest BCUT2D eigenvalue weighted by atomic mass is 32.2. The molecule has 0 aromatic heterocycles. The summed E-state index contributed by atoms with van der Waals surface area (Å²) in [7, 11) is -4.17. The summed E-state index contributed by atoms with van der Waals surface area (Å²) >= 11 is 0. The van der Waals surface area contributed by atoms with Gasteiger partial charge < -0.3 is 10.1 Å². The zero-order chi connectivity index (χ0) is 17.0. The molecule has 1 amide bonds. The van der Waals surface area contributed by atoms with Crippen molar-refractivity contribution in [2.24, 2.45) is 0 Å². The summed E-state index contributed by atoms with van der Waals surface area (Å²) in [6.07, 6.45) is 0.442. The number of hydrogen-bond acceptors (Lipinski definition) is 4. The minimum atomic E-state index is -4.17. The van der Waals surface area contributed by atoms with E-state index in [0.717, 1.165) is 16.4 Å². The molecule has 9 heteroatoms. The average molecular weight is 348 g/mol. The van der Waals surface area contributed by atoms with E-state index in [1.165, 1.54) is 0 Å². The van der Waals surface area contributed by atoms with Crippen LogP contribution in [0.15, 0.2) is 23.1 Å². The zero-order valence-electron chi connectivity index (χ0n) is 12.6. The van der Waals surface area contributed by atoms with Gasteiger partial charge in [-0.3, -0.25) is 0 Å². The molecule has 1 atom stereocenters. The minimum absolute atomic E-state index is 0.0168. The second-order valence-electron chi connectivity index (χ2n) is 5.14. The van der Waals surface area contributed by atoms with Crippen LogP contribution in [0.25, 0.3) is 0 Å². The number of carbonyl (C=O) groups excluding carboxylic acids is 1. The third-order valence-corrected chi connectivity index (χ3v) is 5.37. The molecule has 128 valence electrons. The highest BCUT2D eigenvalue weighted by molar-refractivity contribution is 7.89. The van der Waals surface area contributed by atoms with Crippen LogP contribution in [-0.2, 0) is 14.8 Å². The average Bonchev–Trinajstić information content (AvgIpc) is 2.50. The summed E-state index contributed by atoms with van der Waals surface area (Å²) in [6, 6.07) is 1.86. The van der Waals surface area contributed by atoms with E-state index < -0.39 is 38.7 Å². The van der Waals surface area contributed by atoms with E-state index in [9.17, 15) is 22.0 Å². The van der Waals surface area contributed by atoms with E-state index in [1.807, 2.05) is 0 Å². The fraction of sp³-hybridized carbons (Fsp3) is 0.500. The molecule has 1 aliphatic heterocycles. The molecule has 0 aliphatic carbocycles. The second kappa shape index (κ2) is 7.22. The summed E-state index contributed by atoms with van der Waals surface area (Å²) in [5.74, 6) is -1.84. The van der Waals surface area contributed by atoms with E-state index in [1.54, 1.807) is 6.92 Å². The molecule has 0 spiro atoms. The first kappa shape index (κ1) is 17.6. The summed E-state index contributed by atoms with van der Waals surface area (Å²) in [5, 5.41) is 2.56. The minimum Gasteiger partial charge on any atom is -0.450 e. The van der Waals surface area contributed by atoms with Gasteiger partial charge in [0.05, 0.1) is 6.61 Å². The van der Waals surface area contributed by atoms with E-state index in [4.69, 9.17) is 4.74 Å². The summed E-state index contributed by atoms with van der Waals surface area (Å²) < 4.78 is 57.8. The summed E-state index contributed by atoms with van der Waals surface area (Å²) in [5.41, 5.74) is 0. The van der Waals surface area contributed by atoms with Crippen LogP contribution in [0.5, 0.6) is 0 Å². The van der Waals surface area contributed by atoms with Crippen molar-refractivity contribution in [2.45, 2.75) is 30.7 Å². The molecule has 23 heavy (non-hydrogen) atoms. The van der Waals surface area contributed by atoms with Crippen molar-refractivity contribution < 1.29 is 26.7 Å². The Morgan fingerprint density at radius 3 is 2.87 bits per heavy atom. The number of rotatable bonds is 4. The van der Waals surface area contributed by atoms with Crippen LogP contribution >= 0.6 is 0 Å². The predicted molar refractivity (Wildman–Crippen MR) is 78.3 cm³/mol. The van der Waals surface area contributed by atoms with Crippen molar-refractivity contribution in [3.05, 3.63) is 29.8 Å². The molecule has 1 aromatic rings. The Labute approximate surface area is 133 Å². The van der Waals surface area contributed by atoms with Crippen molar-refractivity contribution in [1.82, 2.24) is 9.62 Å². The lowest BCUT2D eigenvalue weighted by Gasteiger charge is -2.32. The largest absolute Gasteiger partial charge is 0.450 e.